The predicted molar refractivity (Wildman–Crippen MR) is 73.2 cm³/mol. The average Bonchev–Trinajstić information content (AvgIpc) is 2.90. The van der Waals surface area contributed by atoms with Crippen molar-refractivity contribution in [3.8, 4) is 5.75 Å². The number of nitrogens with zero attached hydrogens (tertiary/aromatic N) is 3. The molecule has 0 spiro atoms. The van der Waals surface area contributed by atoms with Gasteiger partial charge in [-0.1, -0.05) is 13.8 Å². The number of H-pyrrole nitrogens is 1. The Labute approximate surface area is 119 Å². The Morgan fingerprint density at radius 2 is 2.19 bits per heavy atom. The Hall–Kier alpha value is -2.97. The van der Waals surface area contributed by atoms with Crippen molar-refractivity contribution in [2.24, 2.45) is 0 Å². The maximum absolute atomic E-state index is 12.0. The van der Waals surface area contributed by atoms with E-state index >= 15 is 0 Å². The first-order valence-corrected chi connectivity index (χ1v) is 6.09. The number of anilines is 1. The second-order valence-corrected chi connectivity index (χ2v) is 4.61. The van der Waals surface area contributed by atoms with Gasteiger partial charge in [0, 0.05) is 5.92 Å². The van der Waals surface area contributed by atoms with Gasteiger partial charge in [0.2, 0.25) is 5.82 Å². The largest absolute Gasteiger partial charge is 0.508 e. The average molecular weight is 291 g/mol. The fraction of sp³-hybridized carbons (Fsp3) is 0.250. The van der Waals surface area contributed by atoms with Crippen molar-refractivity contribution in [2.45, 2.75) is 19.8 Å². The van der Waals surface area contributed by atoms with E-state index in [1.807, 2.05) is 13.8 Å². The van der Waals surface area contributed by atoms with Crippen LogP contribution in [-0.4, -0.2) is 31.1 Å². The van der Waals surface area contributed by atoms with E-state index < -0.39 is 16.5 Å². The van der Waals surface area contributed by atoms with Crippen LogP contribution in [0, 0.1) is 10.1 Å². The van der Waals surface area contributed by atoms with Crippen LogP contribution in [-0.2, 0) is 0 Å². The Morgan fingerprint density at radius 3 is 2.76 bits per heavy atom. The Morgan fingerprint density at radius 1 is 1.48 bits per heavy atom. The summed E-state index contributed by atoms with van der Waals surface area (Å²) in [4.78, 5) is 26.2. The fourth-order valence-corrected chi connectivity index (χ4v) is 1.59. The van der Waals surface area contributed by atoms with Gasteiger partial charge in [-0.25, -0.2) is 4.98 Å². The molecule has 2 aromatic rings. The maximum atomic E-state index is 12.0. The molecule has 2 rings (SSSR count). The number of rotatable bonds is 4. The van der Waals surface area contributed by atoms with Crippen LogP contribution in [0.15, 0.2) is 18.2 Å². The van der Waals surface area contributed by atoms with Gasteiger partial charge in [0.25, 0.3) is 11.6 Å². The SMILES string of the molecule is CC(C)c1nc(C(=O)Nc2ccc(O)cc2[N+](=O)[O-])n[nH]1. The molecule has 0 radical (unpaired) electrons. The molecule has 9 nitrogen and oxygen atoms in total. The first-order chi connectivity index (χ1) is 9.88. The van der Waals surface area contributed by atoms with Crippen molar-refractivity contribution >= 4 is 17.3 Å². The number of nitrogens with one attached hydrogen (secondary N) is 2. The lowest BCUT2D eigenvalue weighted by atomic mass is 10.2. The number of benzene rings is 1. The fourth-order valence-electron chi connectivity index (χ4n) is 1.59. The number of nitro groups is 1. The number of carbonyl (C=O) groups is 1. The molecule has 0 unspecified atom stereocenters. The molecule has 0 aliphatic carbocycles. The van der Waals surface area contributed by atoms with Crippen LogP contribution in [0.4, 0.5) is 11.4 Å². The van der Waals surface area contributed by atoms with Gasteiger partial charge >= 0.3 is 0 Å². The number of aromatic hydroxyl groups is 1. The molecule has 0 atom stereocenters. The van der Waals surface area contributed by atoms with Crippen molar-refractivity contribution < 1.29 is 14.8 Å². The molecule has 21 heavy (non-hydrogen) atoms. The number of phenolic OH excluding ortho intramolecular Hbond substituents is 1. The highest BCUT2D eigenvalue weighted by atomic mass is 16.6. The van der Waals surface area contributed by atoms with Crippen LogP contribution in [0.3, 0.4) is 0 Å². The molecule has 1 heterocycles. The molecule has 1 aromatic carbocycles. The summed E-state index contributed by atoms with van der Waals surface area (Å²) < 4.78 is 0. The topological polar surface area (TPSA) is 134 Å². The number of aromatic amines is 1. The van der Waals surface area contributed by atoms with Gasteiger partial charge in [-0.3, -0.25) is 20.0 Å². The van der Waals surface area contributed by atoms with Crippen molar-refractivity contribution in [2.75, 3.05) is 5.32 Å². The number of aromatic nitrogens is 3. The van der Waals surface area contributed by atoms with E-state index in [9.17, 15) is 20.0 Å². The third-order valence-corrected chi connectivity index (χ3v) is 2.68. The molecule has 0 saturated heterocycles. The van der Waals surface area contributed by atoms with Crippen LogP contribution in [0.25, 0.3) is 0 Å². The van der Waals surface area contributed by atoms with Gasteiger partial charge < -0.3 is 10.4 Å². The van der Waals surface area contributed by atoms with E-state index in [0.29, 0.717) is 5.82 Å². The van der Waals surface area contributed by atoms with Gasteiger partial charge in [-0.2, -0.15) is 0 Å². The molecule has 1 aromatic heterocycles. The summed E-state index contributed by atoms with van der Waals surface area (Å²) in [6.45, 7) is 3.76. The van der Waals surface area contributed by atoms with Gasteiger partial charge in [-0.05, 0) is 12.1 Å². The molecule has 0 saturated carbocycles. The van der Waals surface area contributed by atoms with E-state index in [1.165, 1.54) is 12.1 Å². The van der Waals surface area contributed by atoms with Gasteiger partial charge in [0.15, 0.2) is 0 Å². The Kier molecular flexibility index (Phi) is 3.83. The molecule has 9 heteroatoms. The summed E-state index contributed by atoms with van der Waals surface area (Å²) in [6.07, 6.45) is 0. The van der Waals surface area contributed by atoms with E-state index in [-0.39, 0.29) is 23.2 Å². The smallest absolute Gasteiger partial charge is 0.296 e. The minimum absolute atomic E-state index is 0.0429. The summed E-state index contributed by atoms with van der Waals surface area (Å²) in [6, 6.07) is 3.43. The first-order valence-electron chi connectivity index (χ1n) is 6.09. The normalized spacial score (nSPS) is 10.6. The van der Waals surface area contributed by atoms with Crippen molar-refractivity contribution in [1.82, 2.24) is 15.2 Å². The van der Waals surface area contributed by atoms with E-state index in [1.54, 1.807) is 0 Å². The summed E-state index contributed by atoms with van der Waals surface area (Å²) in [7, 11) is 0. The monoisotopic (exact) mass is 291 g/mol. The molecule has 1 amide bonds. The summed E-state index contributed by atoms with van der Waals surface area (Å²) in [5.74, 6) is -0.435. The highest BCUT2D eigenvalue weighted by molar-refractivity contribution is 6.02. The summed E-state index contributed by atoms with van der Waals surface area (Å²) >= 11 is 0. The van der Waals surface area contributed by atoms with Crippen LogP contribution >= 0.6 is 0 Å². The number of hydrogen-bond donors (Lipinski definition) is 3. The number of phenols is 1. The van der Waals surface area contributed by atoms with Crippen LogP contribution in [0.2, 0.25) is 0 Å². The Bertz CT molecular complexity index is 695. The minimum Gasteiger partial charge on any atom is -0.508 e. The standard InChI is InChI=1S/C12H13N5O4/c1-6(2)10-14-11(16-15-10)12(19)13-8-4-3-7(18)5-9(8)17(20)21/h3-6,18H,1-2H3,(H,13,19)(H,14,15,16). The van der Waals surface area contributed by atoms with Crippen molar-refractivity contribution in [1.29, 1.82) is 0 Å². The predicted octanol–water partition coefficient (Wildman–Crippen LogP) is 1.79. The molecule has 0 aliphatic rings. The highest BCUT2D eigenvalue weighted by Gasteiger charge is 2.20. The van der Waals surface area contributed by atoms with Gasteiger partial charge in [0.1, 0.15) is 17.3 Å². The molecular weight excluding hydrogens is 278 g/mol. The maximum Gasteiger partial charge on any atom is 0.296 e. The zero-order chi connectivity index (χ0) is 15.6. The zero-order valence-electron chi connectivity index (χ0n) is 11.3. The molecule has 0 aliphatic heterocycles. The molecular formula is C12H13N5O4. The third-order valence-electron chi connectivity index (χ3n) is 2.68. The minimum atomic E-state index is -0.702. The van der Waals surface area contributed by atoms with Crippen molar-refractivity contribution in [3.05, 3.63) is 40.0 Å². The lowest BCUT2D eigenvalue weighted by Crippen LogP contribution is -2.15. The summed E-state index contributed by atoms with van der Waals surface area (Å²) in [5, 5.41) is 28.9. The number of carbonyl (C=O) groups excluding carboxylic acids is 1. The summed E-state index contributed by atoms with van der Waals surface area (Å²) in [5.41, 5.74) is -0.457. The molecule has 0 fully saturated rings. The quantitative estimate of drug-likeness (QED) is 0.446. The molecule has 3 N–H and O–H groups in total. The van der Waals surface area contributed by atoms with E-state index in [2.05, 4.69) is 20.5 Å². The lowest BCUT2D eigenvalue weighted by molar-refractivity contribution is -0.384. The third kappa shape index (κ3) is 3.14. The first kappa shape index (κ1) is 14.4. The lowest BCUT2D eigenvalue weighted by Gasteiger charge is -2.04. The van der Waals surface area contributed by atoms with Gasteiger partial charge in [-0.15, -0.1) is 5.10 Å². The second-order valence-electron chi connectivity index (χ2n) is 4.61. The zero-order valence-corrected chi connectivity index (χ0v) is 11.3. The van der Waals surface area contributed by atoms with Crippen LogP contribution in [0.1, 0.15) is 36.2 Å². The molecule has 110 valence electrons. The van der Waals surface area contributed by atoms with Crippen LogP contribution < -0.4 is 5.32 Å². The number of amides is 1. The number of hydrogen-bond acceptors (Lipinski definition) is 6. The van der Waals surface area contributed by atoms with Gasteiger partial charge in [0.05, 0.1) is 11.0 Å². The van der Waals surface area contributed by atoms with Crippen LogP contribution in [0.5, 0.6) is 5.75 Å². The van der Waals surface area contributed by atoms with E-state index in [0.717, 1.165) is 6.07 Å². The van der Waals surface area contributed by atoms with E-state index in [4.69, 9.17) is 0 Å². The Balaban J connectivity index is 2.25. The number of nitro benzene ring substituents is 1. The highest BCUT2D eigenvalue weighted by Crippen LogP contribution is 2.28. The van der Waals surface area contributed by atoms with Crippen molar-refractivity contribution in [3.63, 3.8) is 0 Å². The molecule has 0 bridgehead atoms. The second kappa shape index (κ2) is 5.57.